The van der Waals surface area contributed by atoms with Gasteiger partial charge in [-0.25, -0.2) is 32.0 Å². The lowest BCUT2D eigenvalue weighted by atomic mass is 9.41. The molecule has 5 aliphatic carbocycles. The largest absolute Gasteiger partial charge is 0.417 e. The van der Waals surface area contributed by atoms with Gasteiger partial charge in [0.25, 0.3) is 11.7 Å². The monoisotopic (exact) mass is 632 g/mol. The van der Waals surface area contributed by atoms with Crippen molar-refractivity contribution in [3.05, 3.63) is 23.8 Å². The fraction of sp³-hybridized carbons (Fsp3) is 0.750. The molecular weight excluding hydrogens is 601 g/mol. The Hall–Kier alpha value is -3.04. The molecular formula is C28H31F7N6O3. The van der Waals surface area contributed by atoms with E-state index in [1.165, 1.54) is 15.6 Å². The zero-order chi connectivity index (χ0) is 31.7. The number of carbonyl (C=O) groups excluding carboxylic acids is 2. The van der Waals surface area contributed by atoms with E-state index in [2.05, 4.69) is 15.1 Å². The highest BCUT2D eigenvalue weighted by Crippen LogP contribution is 2.70. The number of nitrogens with two attached hydrogens (primary N) is 1. The fourth-order valence-corrected chi connectivity index (χ4v) is 8.23. The second-order valence-corrected chi connectivity index (χ2v) is 13.8. The fourth-order valence-electron chi connectivity index (χ4n) is 8.23. The molecule has 44 heavy (non-hydrogen) atoms. The van der Waals surface area contributed by atoms with Gasteiger partial charge in [-0.2, -0.15) is 18.3 Å². The van der Waals surface area contributed by atoms with Crippen molar-refractivity contribution in [1.29, 1.82) is 0 Å². The Morgan fingerprint density at radius 3 is 2.25 bits per heavy atom. The first-order valence-electron chi connectivity index (χ1n) is 14.8. The molecule has 2 aromatic heterocycles. The van der Waals surface area contributed by atoms with E-state index in [9.17, 15) is 41.0 Å². The number of alkyl halides is 7. The van der Waals surface area contributed by atoms with Gasteiger partial charge in [0, 0.05) is 44.1 Å². The van der Waals surface area contributed by atoms with Gasteiger partial charge in [-0.15, -0.1) is 0 Å². The number of aliphatic hydroxyl groups is 1. The van der Waals surface area contributed by atoms with Crippen molar-refractivity contribution < 1.29 is 45.4 Å². The van der Waals surface area contributed by atoms with E-state index in [1.54, 1.807) is 0 Å². The van der Waals surface area contributed by atoms with E-state index in [0.717, 1.165) is 6.20 Å². The van der Waals surface area contributed by atoms with Gasteiger partial charge in [0.15, 0.2) is 11.3 Å². The molecule has 240 valence electrons. The van der Waals surface area contributed by atoms with Gasteiger partial charge in [0.1, 0.15) is 5.67 Å². The normalized spacial score (nSPS) is 39.0. The minimum atomic E-state index is -4.99. The Morgan fingerprint density at radius 1 is 1.02 bits per heavy atom. The van der Waals surface area contributed by atoms with E-state index in [4.69, 9.17) is 5.73 Å². The smallest absolute Gasteiger partial charge is 0.380 e. The number of imidazole rings is 1. The van der Waals surface area contributed by atoms with E-state index in [0.29, 0.717) is 0 Å². The Kier molecular flexibility index (Phi) is 6.09. The van der Waals surface area contributed by atoms with Gasteiger partial charge < -0.3 is 15.7 Å². The van der Waals surface area contributed by atoms with Crippen LogP contribution >= 0.6 is 0 Å². The summed E-state index contributed by atoms with van der Waals surface area (Å²) in [7, 11) is 0. The number of fused-ring (bicyclic) bond motifs is 1. The summed E-state index contributed by atoms with van der Waals surface area (Å²) in [5, 5.41) is 14.8. The Labute approximate surface area is 246 Å². The zero-order valence-corrected chi connectivity index (χ0v) is 23.5. The molecule has 0 radical (unpaired) electrons. The third kappa shape index (κ3) is 4.40. The molecule has 0 aromatic carbocycles. The quantitative estimate of drug-likeness (QED) is 0.462. The number of piperidine rings is 1. The summed E-state index contributed by atoms with van der Waals surface area (Å²) in [6, 6.07) is -1.35. The van der Waals surface area contributed by atoms with Gasteiger partial charge in [0.05, 0.1) is 35.2 Å². The number of aromatic nitrogens is 4. The molecule has 3 N–H and O–H groups in total. The second kappa shape index (κ2) is 9.03. The second-order valence-electron chi connectivity index (χ2n) is 13.8. The number of hydrogen-bond acceptors (Lipinski definition) is 6. The molecule has 0 spiro atoms. The van der Waals surface area contributed by atoms with Crippen molar-refractivity contribution in [3.8, 4) is 0 Å². The van der Waals surface area contributed by atoms with Gasteiger partial charge in [-0.05, 0) is 44.4 Å². The standard InChI is InChI=1S/C28H31F7N6O3/c29-24-11-23(12-24,13-24)21(43)40-6-5-25(44,28(33,34)35)8-18(40)16-9-37-41-10-17(39-22(41)38-16)19(15-7-27(15,32)20(36)42)14-1-3-26(30,31)4-2-14/h9-10,14-15,18-19,44H,1-8,11-13H2,(H2,36,42)/t15?,18-,19+,23?,24?,25+,27?/m1/s1. The molecule has 2 unspecified atom stereocenters. The molecule has 8 rings (SSSR count). The van der Waals surface area contributed by atoms with Crippen molar-refractivity contribution in [1.82, 2.24) is 24.5 Å². The number of likely N-dealkylation sites (tertiary alicyclic amines) is 1. The van der Waals surface area contributed by atoms with Crippen LogP contribution in [-0.2, 0) is 9.59 Å². The van der Waals surface area contributed by atoms with Crippen LogP contribution in [0.25, 0.3) is 5.78 Å². The van der Waals surface area contributed by atoms with Crippen LogP contribution in [0.2, 0.25) is 0 Å². The molecule has 2 bridgehead atoms. The van der Waals surface area contributed by atoms with Crippen molar-refractivity contribution in [2.75, 3.05) is 6.54 Å². The minimum absolute atomic E-state index is 0.00303. The lowest BCUT2D eigenvalue weighted by molar-refractivity contribution is -0.280. The maximum absolute atomic E-state index is 15.3. The summed E-state index contributed by atoms with van der Waals surface area (Å²) in [4.78, 5) is 35.4. The lowest BCUT2D eigenvalue weighted by Gasteiger charge is -2.65. The summed E-state index contributed by atoms with van der Waals surface area (Å²) in [6.07, 6.45) is -5.02. The molecule has 1 aliphatic heterocycles. The Morgan fingerprint density at radius 2 is 1.68 bits per heavy atom. The third-order valence-electron chi connectivity index (χ3n) is 10.9. The van der Waals surface area contributed by atoms with E-state index in [1.807, 2.05) is 0 Å². The first kappa shape index (κ1) is 29.7. The molecule has 5 saturated carbocycles. The molecule has 2 amide bonds. The third-order valence-corrected chi connectivity index (χ3v) is 10.9. The summed E-state index contributed by atoms with van der Waals surface area (Å²) in [5.41, 5.74) is -2.38. The van der Waals surface area contributed by atoms with Crippen molar-refractivity contribution >= 4 is 17.6 Å². The predicted octanol–water partition coefficient (Wildman–Crippen LogP) is 4.10. The van der Waals surface area contributed by atoms with Crippen LogP contribution in [0.1, 0.15) is 87.6 Å². The molecule has 5 atom stereocenters. The van der Waals surface area contributed by atoms with Crippen LogP contribution in [-0.4, -0.2) is 77.0 Å². The predicted molar refractivity (Wildman–Crippen MR) is 136 cm³/mol. The number of hydrogen-bond donors (Lipinski definition) is 2. The number of amides is 2. The molecule has 6 aliphatic rings. The molecule has 6 fully saturated rings. The van der Waals surface area contributed by atoms with Crippen molar-refractivity contribution in [2.24, 2.45) is 23.0 Å². The average Bonchev–Trinajstić information content (AvgIpc) is 3.41. The molecule has 3 heterocycles. The lowest BCUT2D eigenvalue weighted by Crippen LogP contribution is -2.71. The van der Waals surface area contributed by atoms with Gasteiger partial charge in [0.2, 0.25) is 11.8 Å². The number of carbonyl (C=O) groups is 2. The maximum atomic E-state index is 15.3. The first-order chi connectivity index (χ1) is 20.4. The molecule has 9 nitrogen and oxygen atoms in total. The number of halogens is 7. The van der Waals surface area contributed by atoms with Crippen LogP contribution in [0.3, 0.4) is 0 Å². The van der Waals surface area contributed by atoms with E-state index >= 15 is 4.39 Å². The first-order valence-corrected chi connectivity index (χ1v) is 14.8. The van der Waals surface area contributed by atoms with Crippen molar-refractivity contribution in [2.45, 2.75) is 105 Å². The number of rotatable bonds is 6. The topological polar surface area (TPSA) is 127 Å². The highest BCUT2D eigenvalue weighted by atomic mass is 19.4. The van der Waals surface area contributed by atoms with E-state index < -0.39 is 102 Å². The van der Waals surface area contributed by atoms with E-state index in [-0.39, 0.29) is 55.7 Å². The maximum Gasteiger partial charge on any atom is 0.417 e. The summed E-state index contributed by atoms with van der Waals surface area (Å²) >= 11 is 0. The highest BCUT2D eigenvalue weighted by Gasteiger charge is 2.74. The van der Waals surface area contributed by atoms with Gasteiger partial charge in [-0.3, -0.25) is 9.59 Å². The summed E-state index contributed by atoms with van der Waals surface area (Å²) in [6.45, 7) is -0.436. The number of primary amides is 1. The Balaban J connectivity index is 1.22. The Bertz CT molecular complexity index is 1520. The van der Waals surface area contributed by atoms with Gasteiger partial charge >= 0.3 is 6.18 Å². The SMILES string of the molecule is NC(=O)C1(F)CC1[C@@H](c1cn2ncc([C@H]3C[C@](O)(C(F)(F)F)CCN3C(=O)C34CC(F)(C3)C4)nc2n1)C1CCC(F)(F)CC1. The average molecular weight is 633 g/mol. The van der Waals surface area contributed by atoms with Crippen LogP contribution in [0, 0.1) is 17.3 Å². The highest BCUT2D eigenvalue weighted by molar-refractivity contribution is 5.88. The van der Waals surface area contributed by atoms with Gasteiger partial charge in [-0.1, -0.05) is 0 Å². The van der Waals surface area contributed by atoms with Crippen LogP contribution < -0.4 is 5.73 Å². The van der Waals surface area contributed by atoms with Crippen molar-refractivity contribution in [3.63, 3.8) is 0 Å². The minimum Gasteiger partial charge on any atom is -0.380 e. The van der Waals surface area contributed by atoms with Crippen LogP contribution in [0.15, 0.2) is 12.4 Å². The summed E-state index contributed by atoms with van der Waals surface area (Å²) < 4.78 is 100. The zero-order valence-electron chi connectivity index (χ0n) is 23.5. The summed E-state index contributed by atoms with van der Waals surface area (Å²) in [5.74, 6) is -6.72. The molecule has 16 heteroatoms. The molecule has 1 saturated heterocycles. The molecule has 2 aromatic rings. The van der Waals surface area contributed by atoms with Crippen LogP contribution in [0.5, 0.6) is 0 Å². The van der Waals surface area contributed by atoms with Crippen LogP contribution in [0.4, 0.5) is 30.7 Å². The number of nitrogens with zero attached hydrogens (tertiary/aromatic N) is 5.